The molecule has 1 rings (SSSR count). The van der Waals surface area contributed by atoms with Crippen LogP contribution in [0.3, 0.4) is 0 Å². The average Bonchev–Trinajstić information content (AvgIpc) is 2.63. The average molecular weight is 395 g/mol. The lowest BCUT2D eigenvalue weighted by Crippen LogP contribution is -2.44. The molecule has 1 atom stereocenters. The van der Waals surface area contributed by atoms with Crippen LogP contribution in [0.25, 0.3) is 0 Å². The molecule has 0 radical (unpaired) electrons. The highest BCUT2D eigenvalue weighted by molar-refractivity contribution is 8.00. The molecule has 27 heavy (non-hydrogen) atoms. The van der Waals surface area contributed by atoms with Gasteiger partial charge in [-0.1, -0.05) is 19.1 Å². The minimum absolute atomic E-state index is 0.0749. The van der Waals surface area contributed by atoms with Crippen LogP contribution in [0.1, 0.15) is 30.6 Å². The Morgan fingerprint density at radius 1 is 1.19 bits per heavy atom. The molecule has 0 bridgehead atoms. The Morgan fingerprint density at radius 2 is 1.85 bits per heavy atom. The number of amides is 4. The molecule has 2 N–H and O–H groups in total. The molecule has 0 aliphatic carbocycles. The van der Waals surface area contributed by atoms with Crippen molar-refractivity contribution < 1.29 is 23.9 Å². The molecular weight excluding hydrogens is 370 g/mol. The SMILES string of the molecule is CC[C@H](C)NC(=O)NC(=O)COC(=O)c1ccccc1SCC(=O)N(C)C. The van der Waals surface area contributed by atoms with E-state index in [2.05, 4.69) is 10.6 Å². The van der Waals surface area contributed by atoms with E-state index in [-0.39, 0.29) is 23.3 Å². The van der Waals surface area contributed by atoms with Gasteiger partial charge in [0.15, 0.2) is 6.61 Å². The van der Waals surface area contributed by atoms with E-state index in [9.17, 15) is 19.2 Å². The van der Waals surface area contributed by atoms with Gasteiger partial charge in [-0.05, 0) is 25.5 Å². The quantitative estimate of drug-likeness (QED) is 0.512. The summed E-state index contributed by atoms with van der Waals surface area (Å²) >= 11 is 1.21. The highest BCUT2D eigenvalue weighted by atomic mass is 32.2. The number of esters is 1. The van der Waals surface area contributed by atoms with Crippen LogP contribution >= 0.6 is 11.8 Å². The Hall–Kier alpha value is -2.55. The third kappa shape index (κ3) is 8.12. The number of rotatable bonds is 8. The molecule has 1 aromatic carbocycles. The van der Waals surface area contributed by atoms with E-state index in [1.807, 2.05) is 6.92 Å². The highest BCUT2D eigenvalue weighted by Gasteiger charge is 2.17. The number of hydrogen-bond acceptors (Lipinski definition) is 6. The Kier molecular flexibility index (Phi) is 9.35. The molecule has 0 heterocycles. The minimum Gasteiger partial charge on any atom is -0.452 e. The molecular formula is C18H25N3O5S. The smallest absolute Gasteiger partial charge is 0.339 e. The number of carbonyl (C=O) groups excluding carboxylic acids is 4. The standard InChI is InChI=1S/C18H25N3O5S/c1-5-12(2)19-18(25)20-15(22)10-26-17(24)13-8-6-7-9-14(13)27-11-16(23)21(3)4/h6-9,12H,5,10-11H2,1-4H3,(H2,19,20,22,25)/t12-/m0/s1. The first-order valence-corrected chi connectivity index (χ1v) is 9.42. The van der Waals surface area contributed by atoms with Crippen LogP contribution in [-0.2, 0) is 14.3 Å². The summed E-state index contributed by atoms with van der Waals surface area (Å²) in [6.45, 7) is 3.12. The van der Waals surface area contributed by atoms with E-state index in [1.165, 1.54) is 16.7 Å². The summed E-state index contributed by atoms with van der Waals surface area (Å²) in [5.41, 5.74) is 0.255. The number of hydrogen-bond donors (Lipinski definition) is 2. The van der Waals surface area contributed by atoms with Crippen LogP contribution in [0.2, 0.25) is 0 Å². The fourth-order valence-electron chi connectivity index (χ4n) is 1.76. The van der Waals surface area contributed by atoms with E-state index in [4.69, 9.17) is 4.74 Å². The molecule has 0 saturated heterocycles. The molecule has 0 saturated carbocycles. The first-order chi connectivity index (χ1) is 12.7. The maximum atomic E-state index is 12.2. The number of nitrogens with one attached hydrogen (secondary N) is 2. The minimum atomic E-state index is -0.725. The molecule has 4 amide bonds. The summed E-state index contributed by atoms with van der Waals surface area (Å²) in [7, 11) is 3.30. The van der Waals surface area contributed by atoms with Crippen LogP contribution in [0, 0.1) is 0 Å². The van der Waals surface area contributed by atoms with E-state index >= 15 is 0 Å². The zero-order chi connectivity index (χ0) is 20.4. The van der Waals surface area contributed by atoms with Crippen LogP contribution in [0.5, 0.6) is 0 Å². The number of ether oxygens (including phenoxy) is 1. The first kappa shape index (κ1) is 22.5. The van der Waals surface area contributed by atoms with Gasteiger partial charge in [-0.3, -0.25) is 14.9 Å². The number of carbonyl (C=O) groups is 4. The highest BCUT2D eigenvalue weighted by Crippen LogP contribution is 2.23. The van der Waals surface area contributed by atoms with Crippen LogP contribution in [0.15, 0.2) is 29.2 Å². The molecule has 0 aliphatic rings. The Labute approximate surface area is 163 Å². The number of urea groups is 1. The number of thioether (sulfide) groups is 1. The van der Waals surface area contributed by atoms with Gasteiger partial charge in [0.05, 0.1) is 11.3 Å². The number of nitrogens with zero attached hydrogens (tertiary/aromatic N) is 1. The monoisotopic (exact) mass is 395 g/mol. The molecule has 1 aromatic rings. The van der Waals surface area contributed by atoms with Crippen molar-refractivity contribution in [3.05, 3.63) is 29.8 Å². The molecule has 0 aliphatic heterocycles. The molecule has 0 fully saturated rings. The van der Waals surface area contributed by atoms with Crippen LogP contribution in [-0.4, -0.2) is 61.2 Å². The van der Waals surface area contributed by atoms with Crippen molar-refractivity contribution in [1.82, 2.24) is 15.5 Å². The van der Waals surface area contributed by atoms with Crippen molar-refractivity contribution in [3.8, 4) is 0 Å². The van der Waals surface area contributed by atoms with Crippen molar-refractivity contribution in [1.29, 1.82) is 0 Å². The molecule has 8 nitrogen and oxygen atoms in total. The summed E-state index contributed by atoms with van der Waals surface area (Å²) in [4.78, 5) is 49.3. The summed E-state index contributed by atoms with van der Waals surface area (Å²) in [5, 5.41) is 4.67. The fourth-order valence-corrected chi connectivity index (χ4v) is 2.78. The Bertz CT molecular complexity index is 693. The maximum Gasteiger partial charge on any atom is 0.339 e. The van der Waals surface area contributed by atoms with Gasteiger partial charge in [-0.15, -0.1) is 11.8 Å². The number of benzene rings is 1. The van der Waals surface area contributed by atoms with E-state index in [0.717, 1.165) is 6.42 Å². The molecule has 9 heteroatoms. The maximum absolute atomic E-state index is 12.2. The van der Waals surface area contributed by atoms with Gasteiger partial charge in [-0.25, -0.2) is 9.59 Å². The van der Waals surface area contributed by atoms with Crippen molar-refractivity contribution in [2.75, 3.05) is 26.5 Å². The van der Waals surface area contributed by atoms with E-state index in [0.29, 0.717) is 4.90 Å². The third-order valence-corrected chi connectivity index (χ3v) is 4.59. The summed E-state index contributed by atoms with van der Waals surface area (Å²) in [6, 6.07) is 5.94. The first-order valence-electron chi connectivity index (χ1n) is 8.44. The largest absolute Gasteiger partial charge is 0.452 e. The van der Waals surface area contributed by atoms with Crippen LogP contribution in [0.4, 0.5) is 4.79 Å². The molecule has 0 unspecified atom stereocenters. The van der Waals surface area contributed by atoms with Crippen molar-refractivity contribution in [2.45, 2.75) is 31.2 Å². The molecule has 0 spiro atoms. The van der Waals surface area contributed by atoms with Crippen LogP contribution < -0.4 is 10.6 Å². The molecule has 148 valence electrons. The van der Waals surface area contributed by atoms with Gasteiger partial charge in [0, 0.05) is 25.0 Å². The van der Waals surface area contributed by atoms with E-state index in [1.54, 1.807) is 45.3 Å². The van der Waals surface area contributed by atoms with E-state index < -0.39 is 24.5 Å². The Morgan fingerprint density at radius 3 is 2.48 bits per heavy atom. The summed E-state index contributed by atoms with van der Waals surface area (Å²) in [5.74, 6) is -1.34. The number of imide groups is 1. The topological polar surface area (TPSA) is 105 Å². The normalized spacial score (nSPS) is 11.3. The second kappa shape index (κ2) is 11.2. The van der Waals surface area contributed by atoms with Gasteiger partial charge in [-0.2, -0.15) is 0 Å². The zero-order valence-electron chi connectivity index (χ0n) is 15.9. The van der Waals surface area contributed by atoms with Crippen molar-refractivity contribution in [2.24, 2.45) is 0 Å². The second-order valence-corrected chi connectivity index (χ2v) is 7.00. The predicted molar refractivity (Wildman–Crippen MR) is 103 cm³/mol. The lowest BCUT2D eigenvalue weighted by atomic mass is 10.2. The van der Waals surface area contributed by atoms with Crippen molar-refractivity contribution in [3.63, 3.8) is 0 Å². The second-order valence-electron chi connectivity index (χ2n) is 5.98. The third-order valence-electron chi connectivity index (χ3n) is 3.53. The van der Waals surface area contributed by atoms with Crippen molar-refractivity contribution >= 4 is 35.6 Å². The summed E-state index contributed by atoms with van der Waals surface area (Å²) in [6.07, 6.45) is 0.724. The van der Waals surface area contributed by atoms with Gasteiger partial charge >= 0.3 is 12.0 Å². The summed E-state index contributed by atoms with van der Waals surface area (Å²) < 4.78 is 4.98. The van der Waals surface area contributed by atoms with Gasteiger partial charge in [0.25, 0.3) is 5.91 Å². The van der Waals surface area contributed by atoms with Gasteiger partial charge in [0.2, 0.25) is 5.91 Å². The predicted octanol–water partition coefficient (Wildman–Crippen LogP) is 1.65. The Balaban J connectivity index is 2.58. The van der Waals surface area contributed by atoms with Gasteiger partial charge < -0.3 is 15.0 Å². The fraction of sp³-hybridized carbons (Fsp3) is 0.444. The molecule has 0 aromatic heterocycles. The zero-order valence-corrected chi connectivity index (χ0v) is 16.7. The lowest BCUT2D eigenvalue weighted by molar-refractivity contribution is -0.126. The lowest BCUT2D eigenvalue weighted by Gasteiger charge is -2.13. The van der Waals surface area contributed by atoms with Gasteiger partial charge in [0.1, 0.15) is 0 Å².